The maximum atomic E-state index is 14.8. The molecule has 9 N–H and O–H groups in total. The van der Waals surface area contributed by atoms with Crippen molar-refractivity contribution in [3.05, 3.63) is 131 Å². The van der Waals surface area contributed by atoms with Crippen LogP contribution in [-0.4, -0.2) is 233 Å². The summed E-state index contributed by atoms with van der Waals surface area (Å²) >= 11 is 0. The molecule has 10 rings (SSSR count). The number of alkyl halides is 3. The maximum Gasteiger partial charge on any atom is 0.351 e. The number of aliphatic hydroxyl groups is 4. The number of azide groups is 1. The number of H-pyrrole nitrogens is 1. The second-order valence-corrected chi connectivity index (χ2v) is 30.1. The molecule has 5 aromatic heterocycles. The van der Waals surface area contributed by atoms with Crippen LogP contribution in [0.15, 0.2) is 92.2 Å². The van der Waals surface area contributed by atoms with E-state index in [-0.39, 0.29) is 56.6 Å². The number of hydrogen-bond acceptors (Lipinski definition) is 26. The van der Waals surface area contributed by atoms with E-state index in [1.807, 2.05) is 73.8 Å². The molecule has 0 radical (unpaired) electrons. The quantitative estimate of drug-likeness (QED) is 0.0128. The fraction of sp³-hybridized carbons (Fsp3) is 0.667. The van der Waals surface area contributed by atoms with Gasteiger partial charge in [-0.2, -0.15) is 9.97 Å². The summed E-state index contributed by atoms with van der Waals surface area (Å²) < 4.78 is 104. The number of aromatic amines is 1. The van der Waals surface area contributed by atoms with Gasteiger partial charge in [0.05, 0.1) is 69.8 Å². The summed E-state index contributed by atoms with van der Waals surface area (Å²) in [7, 11) is -3.13. The number of anilines is 2. The molecule has 4 fully saturated rings. The van der Waals surface area contributed by atoms with Gasteiger partial charge >= 0.3 is 23.1 Å². The van der Waals surface area contributed by atoms with Gasteiger partial charge in [-0.25, -0.2) is 47.3 Å². The predicted molar refractivity (Wildman–Crippen MR) is 381 cm³/mol. The number of carbonyl (C=O) groups is 1. The van der Waals surface area contributed by atoms with E-state index in [4.69, 9.17) is 53.4 Å². The number of fused-ring (bicyclic) bond motifs is 1. The van der Waals surface area contributed by atoms with Crippen LogP contribution in [0, 0.1) is 13.8 Å². The molecular weight excluding hydrogens is 1420 g/mol. The summed E-state index contributed by atoms with van der Waals surface area (Å²) in [6.07, 6.45) is -1.44. The van der Waals surface area contributed by atoms with Gasteiger partial charge in [0.15, 0.2) is 47.2 Å². The van der Waals surface area contributed by atoms with E-state index in [9.17, 15) is 57.0 Å². The highest BCUT2D eigenvalue weighted by atomic mass is 31.2. The van der Waals surface area contributed by atoms with E-state index in [2.05, 4.69) is 62.5 Å². The van der Waals surface area contributed by atoms with Gasteiger partial charge in [0.25, 0.3) is 5.56 Å². The minimum absolute atomic E-state index is 0.0208. The summed E-state index contributed by atoms with van der Waals surface area (Å²) in [6, 6.07) is 2.49. The zero-order valence-corrected chi connectivity index (χ0v) is 63.1. The Labute approximate surface area is 609 Å². The van der Waals surface area contributed by atoms with Gasteiger partial charge in [-0.3, -0.25) is 32.9 Å². The van der Waals surface area contributed by atoms with Crippen molar-refractivity contribution in [2.75, 3.05) is 56.7 Å². The van der Waals surface area contributed by atoms with Crippen molar-refractivity contribution in [2.24, 2.45) is 5.11 Å². The Morgan fingerprint density at radius 3 is 1.79 bits per heavy atom. The third-order valence-corrected chi connectivity index (χ3v) is 17.2. The molecule has 2 unspecified atom stereocenters. The molecule has 16 atom stereocenters. The molecule has 10 heterocycles. The van der Waals surface area contributed by atoms with Crippen LogP contribution in [0.5, 0.6) is 0 Å². The third kappa shape index (κ3) is 23.1. The summed E-state index contributed by atoms with van der Waals surface area (Å²) in [5.74, 6) is 1.08. The van der Waals surface area contributed by atoms with Gasteiger partial charge in [0, 0.05) is 78.4 Å². The van der Waals surface area contributed by atoms with Gasteiger partial charge in [0.2, 0.25) is 7.37 Å². The number of hydrogen-bond donors (Lipinski definition) is 9. The zero-order chi connectivity index (χ0) is 79.1. The van der Waals surface area contributed by atoms with Crippen LogP contribution in [0.2, 0.25) is 0 Å². The smallest absolute Gasteiger partial charge is 0.351 e. The predicted octanol–water partition coefficient (Wildman–Crippen LogP) is 5.04. The van der Waals surface area contributed by atoms with E-state index >= 15 is 0 Å². The van der Waals surface area contributed by atoms with Gasteiger partial charge in [-0.15, -0.1) is 0 Å². The number of aryl methyl sites for hydroxylation is 2. The fourth-order valence-corrected chi connectivity index (χ4v) is 11.5. The van der Waals surface area contributed by atoms with Crippen molar-refractivity contribution in [3.63, 3.8) is 0 Å². The van der Waals surface area contributed by atoms with Crippen molar-refractivity contribution in [1.82, 2.24) is 58.4 Å². The average Bonchev–Trinajstić information content (AvgIpc) is 1.57. The maximum absolute atomic E-state index is 14.8. The summed E-state index contributed by atoms with van der Waals surface area (Å²) in [5.41, 5.74) is 2.74. The van der Waals surface area contributed by atoms with Crippen LogP contribution < -0.4 is 38.6 Å². The van der Waals surface area contributed by atoms with Crippen molar-refractivity contribution in [1.29, 1.82) is 0 Å². The number of urea groups is 1. The number of nitrogens with zero attached hydrogens (tertiary/aromatic N) is 13. The fourth-order valence-electron chi connectivity index (χ4n) is 11.1. The lowest BCUT2D eigenvalue weighted by Crippen LogP contribution is -2.53. The molecule has 0 saturated carbocycles. The van der Waals surface area contributed by atoms with Gasteiger partial charge in [-0.1, -0.05) is 11.7 Å². The molecule has 590 valence electrons. The van der Waals surface area contributed by atoms with Crippen LogP contribution in [0.3, 0.4) is 0 Å². The number of allylic oxidation sites excluding steroid dienone is 1. The Morgan fingerprint density at radius 2 is 1.28 bits per heavy atom. The lowest BCUT2D eigenvalue weighted by molar-refractivity contribution is -0.0869. The zero-order valence-electron chi connectivity index (χ0n) is 62.2. The molecule has 0 aromatic carbocycles. The summed E-state index contributed by atoms with van der Waals surface area (Å²) in [4.78, 5) is 94.7. The highest BCUT2D eigenvalue weighted by Gasteiger charge is 2.58. The summed E-state index contributed by atoms with van der Waals surface area (Å²) in [5, 5.41) is 51.4. The number of aromatic nitrogens is 10. The summed E-state index contributed by atoms with van der Waals surface area (Å²) in [6.45, 7) is 31.3. The Balaban J connectivity index is 0.000000208. The Hall–Kier alpha value is -7.85. The number of aliphatic hydroxyl groups excluding tert-OH is 4. The lowest BCUT2D eigenvalue weighted by Gasteiger charge is -2.33. The molecule has 2 amide bonds. The Bertz CT molecular complexity index is 4120. The second-order valence-electron chi connectivity index (χ2n) is 27.8. The van der Waals surface area contributed by atoms with E-state index in [0.29, 0.717) is 59.3 Å². The Morgan fingerprint density at radius 1 is 0.755 bits per heavy atom. The number of nitrogens with one attached hydrogen (secondary N) is 4. The Kier molecular flexibility index (Phi) is 31.0. The molecule has 0 aliphatic carbocycles. The van der Waals surface area contributed by atoms with Crippen molar-refractivity contribution >= 4 is 36.2 Å². The van der Waals surface area contributed by atoms with Gasteiger partial charge < -0.3 is 83.7 Å². The highest BCUT2D eigenvalue weighted by molar-refractivity contribution is 7.56. The van der Waals surface area contributed by atoms with Crippen LogP contribution in [0.1, 0.15) is 126 Å². The largest absolute Gasteiger partial charge is 0.394 e. The molecule has 5 aromatic rings. The standard InChI is InChI=1S/2C14H21FN2O4.C13H20FN3O4.C13H19N5O4.C12H20N5O3P/c2*1-8(2)20-7-10-11(18)14(4,15)12(21-10)17-6-5-9(3)16-13(17)19;1-7(2)15-9-4-5-17(12(20)16-9)11-13(3,14)10(19)8(6-18)21-11;1-7(2)21-6-10-9(16-17-14)4-11(22-10)18-5-8(3)12(19)15-13(18)20;1-9(2)16-11-10-12(14-6-13-11)17(7-15-10)4-5-20-8-21(3,18)19/h5-6,8,10-12,18H,7H2,1-4H3;5-6,8,10-12,18H,3,7H2,1-2,4H3,(H,16,19);4-5,7-8,10-11,18-19H,6H2,1-3H3,(H,15,16,20);5,7,9-11H,4,6H2,1-3H3,(H,15,19,20);6-7,9H,4-5,8H2,1-3H3,(H,18,19)(H,13,14,16)/t2*10-,11-,12-,14-;8-,10-,11-,13-;9-,10+,11?;/m1110./s1. The van der Waals surface area contributed by atoms with E-state index in [0.717, 1.165) is 21.0 Å². The topological polar surface area (TPSA) is 465 Å². The highest BCUT2D eigenvalue weighted by Crippen LogP contribution is 2.43. The number of ether oxygens (including phenoxy) is 8. The molecular formula is C66H101F3N17O19P. The van der Waals surface area contributed by atoms with Crippen molar-refractivity contribution in [2.45, 2.75) is 238 Å². The molecule has 106 heavy (non-hydrogen) atoms. The SMILES string of the molecule is C=C1C=CN([C@@H]2O[C@H](COC(C)C)[C@@H](O)[C@@]2(C)F)C(=O)N1.CC(C)Nc1ccn([C@@H]2O[C@H](CO)[C@@H](O)[C@@]2(C)F)c(=O)n1.CC(C)Nc1ncnc2c1ncn2CCOCP(C)(=O)O.Cc1ccn([C@@H]2O[C@H](COC(C)C)[C@@H](O)[C@@]2(C)F)c(=O)n1.Cc1cn(C2C[C@H](N=[N+]=[N-])[C@@H](COC(C)C)O2)c(=O)[nH]c1=O. The molecule has 0 bridgehead atoms. The lowest BCUT2D eigenvalue weighted by atomic mass is 9.98. The number of imidazole rings is 1. The van der Waals surface area contributed by atoms with E-state index < -0.39 is 133 Å². The van der Waals surface area contributed by atoms with Gasteiger partial charge in [-0.05, 0) is 128 Å². The third-order valence-electron chi connectivity index (χ3n) is 16.5. The molecule has 4 saturated heterocycles. The van der Waals surface area contributed by atoms with Crippen LogP contribution in [-0.2, 0) is 49.0 Å². The van der Waals surface area contributed by atoms with Crippen molar-refractivity contribution < 1.29 is 85.7 Å². The first kappa shape index (κ1) is 87.1. The van der Waals surface area contributed by atoms with Gasteiger partial charge in [0.1, 0.15) is 66.9 Å². The monoisotopic (exact) mass is 1520 g/mol. The molecule has 36 nitrogen and oxygen atoms in total. The first-order valence-electron chi connectivity index (χ1n) is 34.2. The first-order valence-corrected chi connectivity index (χ1v) is 36.5. The number of rotatable bonds is 24. The van der Waals surface area contributed by atoms with Crippen LogP contribution >= 0.6 is 7.37 Å². The van der Waals surface area contributed by atoms with E-state index in [1.54, 1.807) is 26.2 Å². The molecule has 0 spiro atoms. The molecule has 40 heteroatoms. The number of carbonyl (C=O) groups excluding carboxylic acids is 1. The van der Waals surface area contributed by atoms with Crippen LogP contribution in [0.4, 0.5) is 29.6 Å². The molecule has 5 aliphatic heterocycles. The van der Waals surface area contributed by atoms with Crippen LogP contribution in [0.25, 0.3) is 21.6 Å². The second kappa shape index (κ2) is 37.8. The normalized spacial score (nSPS) is 28.1. The van der Waals surface area contributed by atoms with E-state index in [1.165, 1.54) is 68.3 Å². The van der Waals surface area contributed by atoms with Crippen molar-refractivity contribution in [3.8, 4) is 0 Å². The average molecular weight is 1520 g/mol. The minimum atomic E-state index is -3.13. The minimum Gasteiger partial charge on any atom is -0.394 e. The first-order chi connectivity index (χ1) is 49.5. The number of amides is 2. The molecule has 5 aliphatic rings. The number of halogens is 3.